The zero-order chi connectivity index (χ0) is 17.9. The lowest BCUT2D eigenvalue weighted by molar-refractivity contribution is -0.158. The Hall–Kier alpha value is -2.64. The summed E-state index contributed by atoms with van der Waals surface area (Å²) in [6.07, 6.45) is 1.76. The topological polar surface area (TPSA) is 87.8 Å². The van der Waals surface area contributed by atoms with Crippen molar-refractivity contribution in [3.63, 3.8) is 0 Å². The molecular weight excluding hydrogens is 342 g/mol. The van der Waals surface area contributed by atoms with Gasteiger partial charge in [0.2, 0.25) is 6.41 Å². The SMILES string of the molecule is O=CN(O)C(CS(=O)(=O)Cc1ccc2occc2c1)c1ccccc1. The van der Waals surface area contributed by atoms with E-state index in [4.69, 9.17) is 4.42 Å². The number of furan rings is 1. The molecule has 7 heteroatoms. The Morgan fingerprint density at radius 1 is 1.12 bits per heavy atom. The van der Waals surface area contributed by atoms with Crippen LogP contribution in [0.5, 0.6) is 0 Å². The van der Waals surface area contributed by atoms with Crippen molar-refractivity contribution in [2.24, 2.45) is 0 Å². The van der Waals surface area contributed by atoms with Gasteiger partial charge in [-0.25, -0.2) is 13.5 Å². The highest BCUT2D eigenvalue weighted by atomic mass is 32.2. The average Bonchev–Trinajstić information content (AvgIpc) is 3.07. The molecule has 0 aliphatic carbocycles. The summed E-state index contributed by atoms with van der Waals surface area (Å²) < 4.78 is 30.4. The smallest absolute Gasteiger partial charge is 0.233 e. The fourth-order valence-corrected chi connectivity index (χ4v) is 4.36. The largest absolute Gasteiger partial charge is 0.464 e. The van der Waals surface area contributed by atoms with Gasteiger partial charge in [-0.15, -0.1) is 0 Å². The Morgan fingerprint density at radius 2 is 1.88 bits per heavy atom. The van der Waals surface area contributed by atoms with Gasteiger partial charge in [-0.2, -0.15) is 0 Å². The summed E-state index contributed by atoms with van der Waals surface area (Å²) >= 11 is 0. The van der Waals surface area contributed by atoms with Crippen LogP contribution in [-0.4, -0.2) is 30.9 Å². The van der Waals surface area contributed by atoms with Crippen LogP contribution < -0.4 is 0 Å². The fourth-order valence-electron chi connectivity index (χ4n) is 2.73. The van der Waals surface area contributed by atoms with Crippen molar-refractivity contribution in [2.75, 3.05) is 5.75 Å². The van der Waals surface area contributed by atoms with Crippen LogP contribution >= 0.6 is 0 Å². The van der Waals surface area contributed by atoms with Gasteiger partial charge in [-0.1, -0.05) is 36.4 Å². The number of amides is 1. The van der Waals surface area contributed by atoms with Crippen LogP contribution in [-0.2, 0) is 20.4 Å². The lowest BCUT2D eigenvalue weighted by Crippen LogP contribution is -2.30. The minimum Gasteiger partial charge on any atom is -0.464 e. The van der Waals surface area contributed by atoms with Gasteiger partial charge < -0.3 is 4.42 Å². The van der Waals surface area contributed by atoms with Gasteiger partial charge in [0.15, 0.2) is 9.84 Å². The highest BCUT2D eigenvalue weighted by Gasteiger charge is 2.25. The van der Waals surface area contributed by atoms with Crippen LogP contribution in [0.25, 0.3) is 11.0 Å². The molecule has 3 aromatic rings. The zero-order valence-electron chi connectivity index (χ0n) is 13.3. The first-order valence-corrected chi connectivity index (χ1v) is 9.45. The number of carbonyl (C=O) groups excluding carboxylic acids is 1. The van der Waals surface area contributed by atoms with Crippen molar-refractivity contribution in [1.82, 2.24) is 5.06 Å². The molecule has 0 bridgehead atoms. The summed E-state index contributed by atoms with van der Waals surface area (Å²) in [6, 6.07) is 14.5. The van der Waals surface area contributed by atoms with Crippen molar-refractivity contribution >= 4 is 27.2 Å². The first-order chi connectivity index (χ1) is 12.0. The number of hydrogen-bond acceptors (Lipinski definition) is 5. The van der Waals surface area contributed by atoms with Crippen molar-refractivity contribution in [3.8, 4) is 0 Å². The van der Waals surface area contributed by atoms with Crippen molar-refractivity contribution in [2.45, 2.75) is 11.8 Å². The second-order valence-electron chi connectivity index (χ2n) is 5.76. The molecule has 130 valence electrons. The summed E-state index contributed by atoms with van der Waals surface area (Å²) in [5, 5.41) is 11.0. The molecule has 0 aliphatic rings. The normalized spacial score (nSPS) is 12.8. The van der Waals surface area contributed by atoms with Gasteiger partial charge in [0.25, 0.3) is 0 Å². The molecule has 0 fully saturated rings. The van der Waals surface area contributed by atoms with Gasteiger partial charge >= 0.3 is 0 Å². The highest BCUT2D eigenvalue weighted by molar-refractivity contribution is 7.90. The molecule has 6 nitrogen and oxygen atoms in total. The molecule has 1 amide bonds. The Kier molecular flexibility index (Phi) is 4.87. The maximum Gasteiger partial charge on any atom is 0.233 e. The van der Waals surface area contributed by atoms with Crippen molar-refractivity contribution < 1.29 is 22.8 Å². The molecule has 25 heavy (non-hydrogen) atoms. The Morgan fingerprint density at radius 3 is 2.60 bits per heavy atom. The van der Waals surface area contributed by atoms with Gasteiger partial charge in [0, 0.05) is 5.39 Å². The monoisotopic (exact) mass is 359 g/mol. The van der Waals surface area contributed by atoms with Gasteiger partial charge in [0.1, 0.15) is 5.58 Å². The van der Waals surface area contributed by atoms with Crippen LogP contribution in [0.2, 0.25) is 0 Å². The van der Waals surface area contributed by atoms with Gasteiger partial charge in [0.05, 0.1) is 23.8 Å². The third-order valence-electron chi connectivity index (χ3n) is 3.93. The summed E-state index contributed by atoms with van der Waals surface area (Å²) in [6.45, 7) is 0. The maximum absolute atomic E-state index is 12.6. The second kappa shape index (κ2) is 7.08. The van der Waals surface area contributed by atoms with Crippen LogP contribution in [0.4, 0.5) is 0 Å². The van der Waals surface area contributed by atoms with E-state index in [1.54, 1.807) is 60.9 Å². The minimum atomic E-state index is -3.58. The third kappa shape index (κ3) is 4.07. The Bertz CT molecular complexity index is 965. The lowest BCUT2D eigenvalue weighted by Gasteiger charge is -2.22. The minimum absolute atomic E-state index is 0.190. The van der Waals surface area contributed by atoms with E-state index >= 15 is 0 Å². The molecule has 0 saturated heterocycles. The predicted octanol–water partition coefficient (Wildman–Crippen LogP) is 2.94. The quantitative estimate of drug-likeness (QED) is 0.398. The molecule has 1 aromatic heterocycles. The number of fused-ring (bicyclic) bond motifs is 1. The van der Waals surface area contributed by atoms with E-state index in [9.17, 15) is 18.4 Å². The number of hydrogen-bond donors (Lipinski definition) is 1. The first kappa shape index (κ1) is 17.2. The molecule has 0 aliphatic heterocycles. The summed E-state index contributed by atoms with van der Waals surface area (Å²) in [5.74, 6) is -0.570. The van der Waals surface area contributed by atoms with E-state index in [0.29, 0.717) is 21.8 Å². The third-order valence-corrected chi connectivity index (χ3v) is 5.52. The molecular formula is C18H17NO5S. The number of nitrogens with zero attached hydrogens (tertiary/aromatic N) is 1. The summed E-state index contributed by atoms with van der Waals surface area (Å²) in [4.78, 5) is 11.0. The molecule has 1 N–H and O–H groups in total. The number of rotatable bonds is 7. The van der Waals surface area contributed by atoms with Gasteiger partial charge in [-0.05, 0) is 29.3 Å². The molecule has 1 heterocycles. The molecule has 0 radical (unpaired) electrons. The number of sulfone groups is 1. The van der Waals surface area contributed by atoms with E-state index in [1.165, 1.54) is 0 Å². The standard InChI is InChI=1S/C18H17NO5S/c20-13-19(21)17(15-4-2-1-3-5-15)12-25(22,23)11-14-6-7-18-16(10-14)8-9-24-18/h1-10,13,17,21H,11-12H2. The van der Waals surface area contributed by atoms with E-state index < -0.39 is 15.9 Å². The summed E-state index contributed by atoms with van der Waals surface area (Å²) in [5.41, 5.74) is 1.85. The van der Waals surface area contributed by atoms with Crippen LogP contribution in [0, 0.1) is 0 Å². The average molecular weight is 359 g/mol. The molecule has 0 spiro atoms. The summed E-state index contributed by atoms with van der Waals surface area (Å²) in [7, 11) is -3.58. The molecule has 1 unspecified atom stereocenters. The molecule has 1 atom stereocenters. The van der Waals surface area contributed by atoms with E-state index in [2.05, 4.69) is 0 Å². The second-order valence-corrected chi connectivity index (χ2v) is 7.87. The first-order valence-electron chi connectivity index (χ1n) is 7.62. The predicted molar refractivity (Wildman–Crippen MR) is 92.6 cm³/mol. The van der Waals surface area contributed by atoms with E-state index in [-0.39, 0.29) is 17.9 Å². The van der Waals surface area contributed by atoms with Gasteiger partial charge in [-0.3, -0.25) is 10.0 Å². The highest BCUT2D eigenvalue weighted by Crippen LogP contribution is 2.23. The van der Waals surface area contributed by atoms with E-state index in [0.717, 1.165) is 5.39 Å². The number of benzene rings is 2. The lowest BCUT2D eigenvalue weighted by atomic mass is 10.1. The van der Waals surface area contributed by atoms with Crippen molar-refractivity contribution in [1.29, 1.82) is 0 Å². The van der Waals surface area contributed by atoms with Crippen LogP contribution in [0.3, 0.4) is 0 Å². The Labute approximate surface area is 145 Å². The number of hydroxylamine groups is 2. The van der Waals surface area contributed by atoms with Crippen molar-refractivity contribution in [3.05, 3.63) is 72.0 Å². The van der Waals surface area contributed by atoms with E-state index in [1.807, 2.05) is 0 Å². The fraction of sp³-hybridized carbons (Fsp3) is 0.167. The number of carbonyl (C=O) groups is 1. The maximum atomic E-state index is 12.6. The molecule has 3 rings (SSSR count). The Balaban J connectivity index is 1.83. The molecule has 2 aromatic carbocycles. The molecule has 0 saturated carbocycles. The van der Waals surface area contributed by atoms with Crippen LogP contribution in [0.15, 0.2) is 65.3 Å². The van der Waals surface area contributed by atoms with Crippen LogP contribution in [0.1, 0.15) is 17.2 Å². The zero-order valence-corrected chi connectivity index (χ0v) is 14.1.